The molecule has 1 unspecified atom stereocenters. The Kier molecular flexibility index (Phi) is 5.60. The summed E-state index contributed by atoms with van der Waals surface area (Å²) in [5.41, 5.74) is -1.51. The molecule has 25 heavy (non-hydrogen) atoms. The first-order valence-electron chi connectivity index (χ1n) is 8.27. The van der Waals surface area contributed by atoms with Gasteiger partial charge in [0, 0.05) is 38.6 Å². The fourth-order valence-electron chi connectivity index (χ4n) is 2.97. The Balaban J connectivity index is 1.73. The number of hydrogen-bond donors (Lipinski definition) is 2. The number of amides is 1. The number of hydrogen-bond acceptors (Lipinski definition) is 6. The molecular formula is C15H21F3N4O3. The molecule has 2 N–H and O–H groups in total. The van der Waals surface area contributed by atoms with Crippen molar-refractivity contribution in [2.24, 2.45) is 4.99 Å². The third-order valence-electron chi connectivity index (χ3n) is 4.33. The quantitative estimate of drug-likeness (QED) is 0.760. The molecule has 2 saturated heterocycles. The molecule has 0 aromatic rings. The highest BCUT2D eigenvalue weighted by atomic mass is 19.4. The normalized spacial score (nSPS) is 25.9. The van der Waals surface area contributed by atoms with Gasteiger partial charge in [0.15, 0.2) is 6.29 Å². The number of alkyl halides is 3. The lowest BCUT2D eigenvalue weighted by Crippen LogP contribution is -2.52. The molecule has 3 heterocycles. The van der Waals surface area contributed by atoms with Crippen molar-refractivity contribution >= 4 is 12.1 Å². The number of halogens is 3. The zero-order valence-corrected chi connectivity index (χ0v) is 13.6. The second-order valence-corrected chi connectivity index (χ2v) is 6.07. The van der Waals surface area contributed by atoms with Crippen LogP contribution in [0.4, 0.5) is 13.2 Å². The smallest absolute Gasteiger partial charge is 0.381 e. The van der Waals surface area contributed by atoms with Gasteiger partial charge in [-0.1, -0.05) is 0 Å². The van der Waals surface area contributed by atoms with Crippen LogP contribution in [0.3, 0.4) is 0 Å². The third-order valence-corrected chi connectivity index (χ3v) is 4.33. The van der Waals surface area contributed by atoms with Gasteiger partial charge >= 0.3 is 6.18 Å². The summed E-state index contributed by atoms with van der Waals surface area (Å²) in [6, 6.07) is 0.0226. The number of nitrogens with zero attached hydrogens (tertiary/aromatic N) is 2. The van der Waals surface area contributed by atoms with Crippen LogP contribution < -0.4 is 10.6 Å². The Hall–Kier alpha value is -1.65. The van der Waals surface area contributed by atoms with Gasteiger partial charge in [0.1, 0.15) is 5.70 Å². The van der Waals surface area contributed by atoms with Gasteiger partial charge in [-0.3, -0.25) is 15.1 Å². The molecule has 3 aliphatic rings. The summed E-state index contributed by atoms with van der Waals surface area (Å²) in [6.45, 7) is 2.31. The van der Waals surface area contributed by atoms with Gasteiger partial charge in [-0.05, 0) is 12.8 Å². The first-order chi connectivity index (χ1) is 11.9. The van der Waals surface area contributed by atoms with E-state index >= 15 is 0 Å². The molecule has 140 valence electrons. The van der Waals surface area contributed by atoms with Crippen molar-refractivity contribution in [1.82, 2.24) is 15.5 Å². The second kappa shape index (κ2) is 7.71. The molecule has 10 heteroatoms. The minimum absolute atomic E-state index is 0.0226. The average molecular weight is 362 g/mol. The molecule has 1 atom stereocenters. The summed E-state index contributed by atoms with van der Waals surface area (Å²) in [5, 5.41) is 5.37. The molecule has 0 aliphatic carbocycles. The predicted molar refractivity (Wildman–Crippen MR) is 82.9 cm³/mol. The predicted octanol–water partition coefficient (Wildman–Crippen LogP) is 0.388. The highest BCUT2D eigenvalue weighted by Crippen LogP contribution is 2.28. The van der Waals surface area contributed by atoms with Crippen LogP contribution in [0.5, 0.6) is 0 Å². The van der Waals surface area contributed by atoms with Gasteiger partial charge in [-0.15, -0.1) is 0 Å². The first-order valence-corrected chi connectivity index (χ1v) is 8.27. The second-order valence-electron chi connectivity index (χ2n) is 6.07. The van der Waals surface area contributed by atoms with Crippen molar-refractivity contribution < 1.29 is 27.4 Å². The molecule has 0 aromatic carbocycles. The fraction of sp³-hybridized carbons (Fsp3) is 0.733. The highest BCUT2D eigenvalue weighted by Gasteiger charge is 2.42. The molecular weight excluding hydrogens is 341 g/mol. The standard InChI is InChI=1S/C15H21F3N4O3/c16-15(17,18)12-11(13(23)22-3-7-25-8-4-22)9-19-14(21-12)20-10-1-5-24-6-2-10/h9-10,14,20-21H,1-8H2. The molecule has 3 aliphatic heterocycles. The molecule has 1 amide bonds. The fourth-order valence-corrected chi connectivity index (χ4v) is 2.97. The van der Waals surface area contributed by atoms with Gasteiger partial charge in [-0.2, -0.15) is 13.2 Å². The number of allylic oxidation sites excluding steroid dienone is 1. The maximum absolute atomic E-state index is 13.4. The van der Waals surface area contributed by atoms with Crippen LogP contribution >= 0.6 is 0 Å². The lowest BCUT2D eigenvalue weighted by atomic mass is 10.1. The van der Waals surface area contributed by atoms with E-state index in [4.69, 9.17) is 9.47 Å². The van der Waals surface area contributed by atoms with Crippen molar-refractivity contribution in [3.8, 4) is 0 Å². The van der Waals surface area contributed by atoms with E-state index in [9.17, 15) is 18.0 Å². The number of morpholine rings is 1. The van der Waals surface area contributed by atoms with Crippen molar-refractivity contribution in [3.05, 3.63) is 11.3 Å². The lowest BCUT2D eigenvalue weighted by molar-refractivity contribution is -0.132. The van der Waals surface area contributed by atoms with Gasteiger partial charge in [-0.25, -0.2) is 0 Å². The maximum Gasteiger partial charge on any atom is 0.431 e. The monoisotopic (exact) mass is 362 g/mol. The van der Waals surface area contributed by atoms with E-state index in [0.717, 1.165) is 6.21 Å². The van der Waals surface area contributed by atoms with Crippen LogP contribution in [-0.2, 0) is 14.3 Å². The van der Waals surface area contributed by atoms with Crippen molar-refractivity contribution in [1.29, 1.82) is 0 Å². The molecule has 0 aromatic heterocycles. The lowest BCUT2D eigenvalue weighted by Gasteiger charge is -2.33. The van der Waals surface area contributed by atoms with Crippen LogP contribution in [-0.4, -0.2) is 75.0 Å². The van der Waals surface area contributed by atoms with Gasteiger partial charge in [0.25, 0.3) is 5.91 Å². The minimum atomic E-state index is -4.67. The van der Waals surface area contributed by atoms with Gasteiger partial charge in [0.2, 0.25) is 0 Å². The maximum atomic E-state index is 13.4. The van der Waals surface area contributed by atoms with Gasteiger partial charge < -0.3 is 19.7 Å². The van der Waals surface area contributed by atoms with Crippen molar-refractivity contribution in [2.45, 2.75) is 31.3 Å². The molecule has 2 fully saturated rings. The summed E-state index contributed by atoms with van der Waals surface area (Å²) < 4.78 is 50.7. The summed E-state index contributed by atoms with van der Waals surface area (Å²) in [4.78, 5) is 17.9. The summed E-state index contributed by atoms with van der Waals surface area (Å²) >= 11 is 0. The van der Waals surface area contributed by atoms with E-state index in [1.54, 1.807) is 0 Å². The number of nitrogens with one attached hydrogen (secondary N) is 2. The van der Waals surface area contributed by atoms with Crippen molar-refractivity contribution in [3.63, 3.8) is 0 Å². The van der Waals surface area contributed by atoms with E-state index in [2.05, 4.69) is 15.6 Å². The molecule has 0 saturated carbocycles. The topological polar surface area (TPSA) is 75.2 Å². The van der Waals surface area contributed by atoms with Crippen LogP contribution in [0.15, 0.2) is 16.3 Å². The Morgan fingerprint density at radius 2 is 1.84 bits per heavy atom. The number of aliphatic imine (C=N–C) groups is 1. The first kappa shape index (κ1) is 18.2. The Bertz CT molecular complexity index is 553. The van der Waals surface area contributed by atoms with Gasteiger partial charge in [0.05, 0.1) is 18.8 Å². The third kappa shape index (κ3) is 4.50. The Morgan fingerprint density at radius 1 is 1.20 bits per heavy atom. The van der Waals surface area contributed by atoms with Crippen LogP contribution in [0.25, 0.3) is 0 Å². The van der Waals surface area contributed by atoms with E-state index in [1.165, 1.54) is 4.90 Å². The zero-order valence-electron chi connectivity index (χ0n) is 13.6. The van der Waals surface area contributed by atoms with Crippen LogP contribution in [0.2, 0.25) is 0 Å². The molecule has 0 spiro atoms. The SMILES string of the molecule is O=C(C1=C(C(F)(F)F)NC(NC2CCOCC2)N=C1)N1CCOCC1. The molecule has 3 rings (SSSR count). The summed E-state index contributed by atoms with van der Waals surface area (Å²) in [7, 11) is 0. The van der Waals surface area contributed by atoms with E-state index in [1.807, 2.05) is 0 Å². The number of ether oxygens (including phenoxy) is 2. The number of rotatable bonds is 3. The summed E-state index contributed by atoms with van der Waals surface area (Å²) in [6.07, 6.45) is -3.15. The number of carbonyl (C=O) groups excluding carboxylic acids is 1. The minimum Gasteiger partial charge on any atom is -0.381 e. The molecule has 0 radical (unpaired) electrons. The number of carbonyl (C=O) groups is 1. The van der Waals surface area contributed by atoms with E-state index in [-0.39, 0.29) is 19.1 Å². The highest BCUT2D eigenvalue weighted by molar-refractivity contribution is 6.13. The molecule has 0 bridgehead atoms. The zero-order chi connectivity index (χ0) is 17.9. The van der Waals surface area contributed by atoms with E-state index < -0.39 is 29.6 Å². The van der Waals surface area contributed by atoms with Crippen LogP contribution in [0.1, 0.15) is 12.8 Å². The Morgan fingerprint density at radius 3 is 2.48 bits per heavy atom. The van der Waals surface area contributed by atoms with Crippen molar-refractivity contribution in [2.75, 3.05) is 39.5 Å². The summed E-state index contributed by atoms with van der Waals surface area (Å²) in [5.74, 6) is -0.684. The largest absolute Gasteiger partial charge is 0.431 e. The van der Waals surface area contributed by atoms with Crippen LogP contribution in [0, 0.1) is 0 Å². The Labute approximate surface area is 143 Å². The molecule has 7 nitrogen and oxygen atoms in total. The van der Waals surface area contributed by atoms with E-state index in [0.29, 0.717) is 39.3 Å². The average Bonchev–Trinajstić information content (AvgIpc) is 2.62.